The largest absolute Gasteiger partial charge is 0.389 e. The summed E-state index contributed by atoms with van der Waals surface area (Å²) < 4.78 is 0. The van der Waals surface area contributed by atoms with Gasteiger partial charge in [0.1, 0.15) is 10.8 Å². The predicted octanol–water partition coefficient (Wildman–Crippen LogP) is 0.900. The molecule has 0 radical (unpaired) electrons. The zero-order valence-corrected chi connectivity index (χ0v) is 11.4. The van der Waals surface area contributed by atoms with E-state index in [9.17, 15) is 4.79 Å². The van der Waals surface area contributed by atoms with E-state index in [0.29, 0.717) is 28.8 Å². The number of nitrogens with two attached hydrogens (primary N) is 1. The maximum atomic E-state index is 11.5. The van der Waals surface area contributed by atoms with E-state index in [0.717, 1.165) is 0 Å². The maximum absolute atomic E-state index is 11.5. The first-order valence-electron chi connectivity index (χ1n) is 5.75. The summed E-state index contributed by atoms with van der Waals surface area (Å²) in [5, 5.41) is 5.74. The quantitative estimate of drug-likeness (QED) is 0.667. The molecule has 1 aromatic heterocycles. The molecule has 0 bridgehead atoms. The van der Waals surface area contributed by atoms with Gasteiger partial charge in [0.15, 0.2) is 0 Å². The number of amides is 1. The van der Waals surface area contributed by atoms with Crippen LogP contribution in [0.15, 0.2) is 18.3 Å². The van der Waals surface area contributed by atoms with Crippen molar-refractivity contribution in [1.82, 2.24) is 10.3 Å². The monoisotopic (exact) mass is 266 g/mol. The van der Waals surface area contributed by atoms with E-state index >= 15 is 0 Å². The average molecular weight is 266 g/mol. The first-order chi connectivity index (χ1) is 8.49. The van der Waals surface area contributed by atoms with E-state index in [1.807, 2.05) is 13.8 Å². The number of rotatable bonds is 6. The molecule has 0 aliphatic rings. The highest BCUT2D eigenvalue weighted by Gasteiger charge is 2.03. The van der Waals surface area contributed by atoms with Gasteiger partial charge >= 0.3 is 0 Å². The molecule has 1 aromatic rings. The van der Waals surface area contributed by atoms with E-state index in [1.165, 1.54) is 0 Å². The molecule has 0 fully saturated rings. The Labute approximate surface area is 112 Å². The van der Waals surface area contributed by atoms with Crippen LogP contribution in [0.3, 0.4) is 0 Å². The first kappa shape index (κ1) is 14.4. The number of thiocarbonyl (C=S) groups is 1. The third-order valence-corrected chi connectivity index (χ3v) is 2.42. The number of nitrogens with zero attached hydrogens (tertiary/aromatic N) is 1. The van der Waals surface area contributed by atoms with Gasteiger partial charge in [-0.2, -0.15) is 0 Å². The average Bonchev–Trinajstić information content (AvgIpc) is 2.34. The molecule has 0 aliphatic heterocycles. The van der Waals surface area contributed by atoms with Crippen molar-refractivity contribution in [2.75, 3.05) is 18.4 Å². The van der Waals surface area contributed by atoms with Gasteiger partial charge in [0.05, 0.1) is 6.54 Å². The molecule has 0 saturated carbocycles. The molecule has 6 heteroatoms. The van der Waals surface area contributed by atoms with Gasteiger partial charge in [-0.3, -0.25) is 4.79 Å². The Balaban J connectivity index is 2.39. The van der Waals surface area contributed by atoms with Gasteiger partial charge < -0.3 is 16.4 Å². The smallest absolute Gasteiger partial charge is 0.239 e. The van der Waals surface area contributed by atoms with Gasteiger partial charge in [0.2, 0.25) is 5.91 Å². The molecule has 0 unspecified atom stereocenters. The second kappa shape index (κ2) is 6.90. The topological polar surface area (TPSA) is 80.0 Å². The Morgan fingerprint density at radius 1 is 1.50 bits per heavy atom. The lowest BCUT2D eigenvalue weighted by molar-refractivity contribution is -0.119. The fraction of sp³-hybridized carbons (Fsp3) is 0.417. The fourth-order valence-corrected chi connectivity index (χ4v) is 1.32. The summed E-state index contributed by atoms with van der Waals surface area (Å²) in [6, 6.07) is 3.51. The molecule has 0 saturated heterocycles. The molecule has 0 aromatic carbocycles. The summed E-state index contributed by atoms with van der Waals surface area (Å²) in [7, 11) is 0. The van der Waals surface area contributed by atoms with E-state index in [2.05, 4.69) is 15.6 Å². The lowest BCUT2D eigenvalue weighted by Gasteiger charge is -2.09. The van der Waals surface area contributed by atoms with Crippen LogP contribution >= 0.6 is 12.2 Å². The first-order valence-corrected chi connectivity index (χ1v) is 6.16. The van der Waals surface area contributed by atoms with Crippen LogP contribution in [0.1, 0.15) is 19.4 Å². The van der Waals surface area contributed by atoms with Crippen molar-refractivity contribution in [1.29, 1.82) is 0 Å². The fourth-order valence-electron chi connectivity index (χ4n) is 1.20. The number of pyridine rings is 1. The summed E-state index contributed by atoms with van der Waals surface area (Å²) in [5.74, 6) is 1.01. The molecule has 0 spiro atoms. The Hall–Kier alpha value is -1.69. The highest BCUT2D eigenvalue weighted by atomic mass is 32.1. The minimum atomic E-state index is -0.0519. The third kappa shape index (κ3) is 5.09. The van der Waals surface area contributed by atoms with Crippen LogP contribution in [0.4, 0.5) is 5.82 Å². The van der Waals surface area contributed by atoms with Crippen molar-refractivity contribution >= 4 is 28.9 Å². The second-order valence-electron chi connectivity index (χ2n) is 4.35. The van der Waals surface area contributed by atoms with Crippen LogP contribution in [0.2, 0.25) is 0 Å². The minimum Gasteiger partial charge on any atom is -0.389 e. The minimum absolute atomic E-state index is 0.0519. The molecule has 4 N–H and O–H groups in total. The summed E-state index contributed by atoms with van der Waals surface area (Å²) in [6.45, 7) is 4.97. The maximum Gasteiger partial charge on any atom is 0.239 e. The van der Waals surface area contributed by atoms with Crippen LogP contribution in [-0.4, -0.2) is 29.0 Å². The molecule has 0 aliphatic carbocycles. The zero-order chi connectivity index (χ0) is 13.5. The van der Waals surface area contributed by atoms with Crippen LogP contribution < -0.4 is 16.4 Å². The Kier molecular flexibility index (Phi) is 5.51. The van der Waals surface area contributed by atoms with Crippen LogP contribution in [0, 0.1) is 5.92 Å². The number of carbonyl (C=O) groups excluding carboxylic acids is 1. The Morgan fingerprint density at radius 2 is 2.22 bits per heavy atom. The lowest BCUT2D eigenvalue weighted by Crippen LogP contribution is -2.32. The third-order valence-electron chi connectivity index (χ3n) is 2.19. The Morgan fingerprint density at radius 3 is 2.72 bits per heavy atom. The van der Waals surface area contributed by atoms with Crippen LogP contribution in [0.25, 0.3) is 0 Å². The van der Waals surface area contributed by atoms with Crippen molar-refractivity contribution in [2.45, 2.75) is 13.8 Å². The predicted molar refractivity (Wildman–Crippen MR) is 76.5 cm³/mol. The van der Waals surface area contributed by atoms with E-state index in [-0.39, 0.29) is 12.5 Å². The molecule has 1 amide bonds. The number of carbonyl (C=O) groups is 1. The molecule has 0 atom stereocenters. The van der Waals surface area contributed by atoms with Crippen LogP contribution in [0.5, 0.6) is 0 Å². The molecular weight excluding hydrogens is 248 g/mol. The van der Waals surface area contributed by atoms with E-state index in [1.54, 1.807) is 18.3 Å². The molecule has 18 heavy (non-hydrogen) atoms. The molecule has 1 heterocycles. The standard InChI is InChI=1S/C12H18N4OS/c1-8(2)5-16-11(17)7-15-10-4-3-9(6-14-10)12(13)18/h3-4,6,8H,5,7H2,1-2H3,(H2,13,18)(H,14,15)(H,16,17). The lowest BCUT2D eigenvalue weighted by atomic mass is 10.2. The number of nitrogens with one attached hydrogen (secondary N) is 2. The summed E-state index contributed by atoms with van der Waals surface area (Å²) >= 11 is 4.82. The van der Waals surface area contributed by atoms with Crippen molar-refractivity contribution in [2.24, 2.45) is 11.7 Å². The van der Waals surface area contributed by atoms with Crippen molar-refractivity contribution in [3.05, 3.63) is 23.9 Å². The second-order valence-corrected chi connectivity index (χ2v) is 4.79. The van der Waals surface area contributed by atoms with Gasteiger partial charge in [-0.1, -0.05) is 26.1 Å². The van der Waals surface area contributed by atoms with Crippen molar-refractivity contribution < 1.29 is 4.79 Å². The molecule has 98 valence electrons. The number of hydrogen-bond donors (Lipinski definition) is 3. The summed E-state index contributed by atoms with van der Waals surface area (Å²) in [4.78, 5) is 15.9. The van der Waals surface area contributed by atoms with Crippen molar-refractivity contribution in [3.63, 3.8) is 0 Å². The normalized spacial score (nSPS) is 10.2. The summed E-state index contributed by atoms with van der Waals surface area (Å²) in [6.07, 6.45) is 1.58. The number of aromatic nitrogens is 1. The van der Waals surface area contributed by atoms with E-state index in [4.69, 9.17) is 18.0 Å². The summed E-state index contributed by atoms with van der Waals surface area (Å²) in [5.41, 5.74) is 6.17. The SMILES string of the molecule is CC(C)CNC(=O)CNc1ccc(C(N)=S)cn1. The van der Waals surface area contributed by atoms with Gasteiger partial charge in [0, 0.05) is 18.3 Å². The molecular formula is C12H18N4OS. The zero-order valence-electron chi connectivity index (χ0n) is 10.6. The highest BCUT2D eigenvalue weighted by Crippen LogP contribution is 2.04. The van der Waals surface area contributed by atoms with Gasteiger partial charge in [-0.05, 0) is 18.1 Å². The molecule has 1 rings (SSSR count). The number of anilines is 1. The molecule has 5 nitrogen and oxygen atoms in total. The van der Waals surface area contributed by atoms with Gasteiger partial charge in [-0.15, -0.1) is 0 Å². The highest BCUT2D eigenvalue weighted by molar-refractivity contribution is 7.80. The van der Waals surface area contributed by atoms with E-state index < -0.39 is 0 Å². The van der Waals surface area contributed by atoms with Crippen molar-refractivity contribution in [3.8, 4) is 0 Å². The number of hydrogen-bond acceptors (Lipinski definition) is 4. The Bertz CT molecular complexity index is 417. The van der Waals surface area contributed by atoms with Gasteiger partial charge in [0.25, 0.3) is 0 Å². The van der Waals surface area contributed by atoms with Gasteiger partial charge in [-0.25, -0.2) is 4.98 Å². The van der Waals surface area contributed by atoms with Crippen LogP contribution in [-0.2, 0) is 4.79 Å².